The van der Waals surface area contributed by atoms with Crippen molar-refractivity contribution >= 4 is 5.91 Å². The quantitative estimate of drug-likeness (QED) is 0.709. The molecular weight excluding hydrogens is 302 g/mol. The van der Waals surface area contributed by atoms with Gasteiger partial charge in [-0.15, -0.1) is 0 Å². The Balaban J connectivity index is 2.06. The molecule has 0 fully saturated rings. The first kappa shape index (κ1) is 18.0. The van der Waals surface area contributed by atoms with Gasteiger partial charge in [0.2, 0.25) is 0 Å². The molecule has 1 atom stereocenters. The van der Waals surface area contributed by atoms with E-state index in [0.29, 0.717) is 31.1 Å². The zero-order valence-electron chi connectivity index (χ0n) is 14.3. The van der Waals surface area contributed by atoms with Crippen LogP contribution >= 0.6 is 0 Å². The van der Waals surface area contributed by atoms with Gasteiger partial charge in [-0.1, -0.05) is 49.4 Å². The van der Waals surface area contributed by atoms with E-state index in [0.717, 1.165) is 12.0 Å². The van der Waals surface area contributed by atoms with Crippen LogP contribution in [0, 0.1) is 0 Å². The van der Waals surface area contributed by atoms with Gasteiger partial charge in [-0.05, 0) is 31.0 Å². The number of hydrogen-bond donors (Lipinski definition) is 1. The largest absolute Gasteiger partial charge is 0.490 e. The molecule has 0 bridgehead atoms. The fourth-order valence-electron chi connectivity index (χ4n) is 2.48. The van der Waals surface area contributed by atoms with Crippen molar-refractivity contribution in [1.29, 1.82) is 0 Å². The van der Waals surface area contributed by atoms with Crippen LogP contribution in [-0.2, 0) is 4.74 Å². The Kier molecular flexibility index (Phi) is 7.30. The summed E-state index contributed by atoms with van der Waals surface area (Å²) >= 11 is 0. The molecule has 24 heavy (non-hydrogen) atoms. The van der Waals surface area contributed by atoms with Crippen LogP contribution in [0.15, 0.2) is 54.6 Å². The van der Waals surface area contributed by atoms with Crippen LogP contribution < -0.4 is 10.1 Å². The van der Waals surface area contributed by atoms with Gasteiger partial charge in [0, 0.05) is 6.61 Å². The maximum atomic E-state index is 12.7. The molecule has 1 N–H and O–H groups in total. The number of amides is 1. The van der Waals surface area contributed by atoms with Crippen LogP contribution in [0.25, 0.3) is 0 Å². The summed E-state index contributed by atoms with van der Waals surface area (Å²) < 4.78 is 11.0. The summed E-state index contributed by atoms with van der Waals surface area (Å²) in [5, 5.41) is 3.09. The van der Waals surface area contributed by atoms with Crippen molar-refractivity contribution in [3.05, 3.63) is 65.7 Å². The van der Waals surface area contributed by atoms with Gasteiger partial charge in [0.15, 0.2) is 0 Å². The van der Waals surface area contributed by atoms with Crippen LogP contribution in [0.2, 0.25) is 0 Å². The number of carbonyl (C=O) groups is 1. The Bertz CT molecular complexity index is 628. The van der Waals surface area contributed by atoms with Gasteiger partial charge >= 0.3 is 0 Å². The number of hydrogen-bond acceptors (Lipinski definition) is 3. The van der Waals surface area contributed by atoms with E-state index in [2.05, 4.69) is 12.2 Å². The average molecular weight is 327 g/mol. The van der Waals surface area contributed by atoms with Crippen molar-refractivity contribution < 1.29 is 14.3 Å². The minimum Gasteiger partial charge on any atom is -0.490 e. The summed E-state index contributed by atoms with van der Waals surface area (Å²) in [6.45, 7) is 5.58. The second-order valence-corrected chi connectivity index (χ2v) is 5.39. The lowest BCUT2D eigenvalue weighted by Gasteiger charge is -2.18. The van der Waals surface area contributed by atoms with E-state index in [1.54, 1.807) is 6.07 Å². The SMILES string of the molecule is CCOCCOc1ccccc1C(=O)NC(CC)c1ccccc1. The van der Waals surface area contributed by atoms with E-state index < -0.39 is 0 Å². The predicted octanol–water partition coefficient (Wildman–Crippen LogP) is 3.98. The molecule has 0 aliphatic heterocycles. The molecule has 0 spiro atoms. The highest BCUT2D eigenvalue weighted by Gasteiger charge is 2.17. The first-order valence-corrected chi connectivity index (χ1v) is 8.41. The van der Waals surface area contributed by atoms with E-state index in [1.807, 2.05) is 55.5 Å². The van der Waals surface area contributed by atoms with Crippen molar-refractivity contribution in [2.45, 2.75) is 26.3 Å². The van der Waals surface area contributed by atoms with Crippen LogP contribution in [0.3, 0.4) is 0 Å². The third-order valence-electron chi connectivity index (χ3n) is 3.74. The molecule has 4 heteroatoms. The molecule has 128 valence electrons. The summed E-state index contributed by atoms with van der Waals surface area (Å²) in [5.41, 5.74) is 1.64. The summed E-state index contributed by atoms with van der Waals surface area (Å²) in [5.74, 6) is 0.454. The maximum Gasteiger partial charge on any atom is 0.255 e. The summed E-state index contributed by atoms with van der Waals surface area (Å²) in [6, 6.07) is 17.3. The molecule has 4 nitrogen and oxygen atoms in total. The Morgan fingerprint density at radius 2 is 1.71 bits per heavy atom. The summed E-state index contributed by atoms with van der Waals surface area (Å²) in [6.07, 6.45) is 0.823. The molecule has 2 aromatic rings. The minimum absolute atomic E-state index is 0.0184. The molecule has 2 aromatic carbocycles. The highest BCUT2D eigenvalue weighted by molar-refractivity contribution is 5.97. The summed E-state index contributed by atoms with van der Waals surface area (Å²) in [7, 11) is 0. The fourth-order valence-corrected chi connectivity index (χ4v) is 2.48. The van der Waals surface area contributed by atoms with Crippen molar-refractivity contribution in [3.63, 3.8) is 0 Å². The molecule has 0 heterocycles. The number of carbonyl (C=O) groups excluding carboxylic acids is 1. The molecule has 0 saturated carbocycles. The summed E-state index contributed by atoms with van der Waals surface area (Å²) in [4.78, 5) is 12.7. The van der Waals surface area contributed by atoms with Crippen LogP contribution in [0.5, 0.6) is 5.75 Å². The Morgan fingerprint density at radius 3 is 2.42 bits per heavy atom. The Morgan fingerprint density at radius 1 is 1.00 bits per heavy atom. The fraction of sp³-hybridized carbons (Fsp3) is 0.350. The molecule has 0 saturated heterocycles. The van der Waals surface area contributed by atoms with Gasteiger partial charge in [-0.2, -0.15) is 0 Å². The number of para-hydroxylation sites is 1. The maximum absolute atomic E-state index is 12.7. The topological polar surface area (TPSA) is 47.6 Å². The molecular formula is C20H25NO3. The molecule has 0 aliphatic carbocycles. The van der Waals surface area contributed by atoms with Crippen molar-refractivity contribution in [2.75, 3.05) is 19.8 Å². The lowest BCUT2D eigenvalue weighted by atomic mass is 10.0. The van der Waals surface area contributed by atoms with Crippen molar-refractivity contribution in [1.82, 2.24) is 5.32 Å². The third kappa shape index (κ3) is 5.10. The van der Waals surface area contributed by atoms with Crippen molar-refractivity contribution in [2.24, 2.45) is 0 Å². The van der Waals surface area contributed by atoms with Crippen LogP contribution in [-0.4, -0.2) is 25.7 Å². The number of rotatable bonds is 9. The molecule has 2 rings (SSSR count). The van der Waals surface area contributed by atoms with Gasteiger partial charge in [0.05, 0.1) is 18.2 Å². The highest BCUT2D eigenvalue weighted by atomic mass is 16.5. The van der Waals surface area contributed by atoms with Gasteiger partial charge in [-0.25, -0.2) is 0 Å². The Hall–Kier alpha value is -2.33. The highest BCUT2D eigenvalue weighted by Crippen LogP contribution is 2.21. The second-order valence-electron chi connectivity index (χ2n) is 5.39. The second kappa shape index (κ2) is 9.73. The zero-order chi connectivity index (χ0) is 17.2. The lowest BCUT2D eigenvalue weighted by molar-refractivity contribution is 0.0919. The molecule has 0 radical (unpaired) electrons. The zero-order valence-corrected chi connectivity index (χ0v) is 14.3. The van der Waals surface area contributed by atoms with Gasteiger partial charge in [0.1, 0.15) is 12.4 Å². The monoisotopic (exact) mass is 327 g/mol. The standard InChI is InChI=1S/C20H25NO3/c1-3-18(16-10-6-5-7-11-16)21-20(22)17-12-8-9-13-19(17)24-15-14-23-4-2/h5-13,18H,3-4,14-15H2,1-2H3,(H,21,22). The van der Waals surface area contributed by atoms with E-state index in [-0.39, 0.29) is 11.9 Å². The van der Waals surface area contributed by atoms with E-state index in [4.69, 9.17) is 9.47 Å². The molecule has 1 unspecified atom stereocenters. The average Bonchev–Trinajstić information content (AvgIpc) is 2.64. The van der Waals surface area contributed by atoms with E-state index >= 15 is 0 Å². The van der Waals surface area contributed by atoms with E-state index in [1.165, 1.54) is 0 Å². The van der Waals surface area contributed by atoms with Gasteiger partial charge in [-0.3, -0.25) is 4.79 Å². The first-order chi connectivity index (χ1) is 11.8. The van der Waals surface area contributed by atoms with Crippen molar-refractivity contribution in [3.8, 4) is 5.75 Å². The normalized spacial score (nSPS) is 11.8. The number of ether oxygens (including phenoxy) is 2. The smallest absolute Gasteiger partial charge is 0.255 e. The molecule has 0 aromatic heterocycles. The third-order valence-corrected chi connectivity index (χ3v) is 3.74. The van der Waals surface area contributed by atoms with Crippen LogP contribution in [0.4, 0.5) is 0 Å². The van der Waals surface area contributed by atoms with Gasteiger partial charge < -0.3 is 14.8 Å². The Labute approximate surface area is 143 Å². The molecule has 1 amide bonds. The first-order valence-electron chi connectivity index (χ1n) is 8.41. The van der Waals surface area contributed by atoms with Crippen LogP contribution in [0.1, 0.15) is 42.2 Å². The molecule has 0 aliphatic rings. The minimum atomic E-state index is -0.127. The number of nitrogens with one attached hydrogen (secondary N) is 1. The number of benzene rings is 2. The predicted molar refractivity (Wildman–Crippen MR) is 95.4 cm³/mol. The van der Waals surface area contributed by atoms with E-state index in [9.17, 15) is 4.79 Å². The van der Waals surface area contributed by atoms with Gasteiger partial charge in [0.25, 0.3) is 5.91 Å². The lowest BCUT2D eigenvalue weighted by Crippen LogP contribution is -2.28.